The summed E-state index contributed by atoms with van der Waals surface area (Å²) in [5.74, 6) is 6.06. The highest BCUT2D eigenvalue weighted by atomic mass is 16.5. The number of ketones is 2. The highest BCUT2D eigenvalue weighted by Crippen LogP contribution is 2.52. The molecule has 0 unspecified atom stereocenters. The average molecular weight is 675 g/mol. The number of primary amides is 1. The van der Waals surface area contributed by atoms with Crippen LogP contribution >= 0.6 is 0 Å². The molecule has 0 aromatic heterocycles. The maximum absolute atomic E-state index is 14.4. The Morgan fingerprint density at radius 3 is 1.92 bits per heavy atom. The van der Waals surface area contributed by atoms with Crippen molar-refractivity contribution in [2.24, 2.45) is 17.6 Å². The Hall–Kier alpha value is -6.01. The smallest absolute Gasteiger partial charge is 0.255 e. The second-order valence-corrected chi connectivity index (χ2v) is 12.6. The fourth-order valence-electron chi connectivity index (χ4n) is 7.15. The number of phenols is 1. The number of amides is 1. The number of fused-ring (bicyclic) bond motifs is 3. The number of nitrogens with zero attached hydrogens (tertiary/aromatic N) is 1. The van der Waals surface area contributed by atoms with Crippen molar-refractivity contribution < 1.29 is 44.3 Å². The van der Waals surface area contributed by atoms with Crippen molar-refractivity contribution in [3.05, 3.63) is 111 Å². The van der Waals surface area contributed by atoms with E-state index in [-0.39, 0.29) is 29.5 Å². The number of nitrogens with two attached hydrogens (primary N) is 1. The first-order chi connectivity index (χ1) is 23.8. The number of phenolic OH excluding ortho intramolecular Hbond substituents is 1. The first-order valence-electron chi connectivity index (χ1n) is 15.7. The van der Waals surface area contributed by atoms with Crippen LogP contribution in [0.15, 0.2) is 77.3 Å². The van der Waals surface area contributed by atoms with E-state index in [0.717, 1.165) is 0 Å². The number of rotatable bonds is 4. The van der Waals surface area contributed by atoms with Crippen LogP contribution in [0.2, 0.25) is 0 Å². The van der Waals surface area contributed by atoms with Crippen LogP contribution in [-0.4, -0.2) is 82.8 Å². The number of Topliss-reactive ketones (excluding diaryl/α,β-unsaturated/α-hetero) is 2. The van der Waals surface area contributed by atoms with Crippen LogP contribution in [0.25, 0.3) is 0 Å². The lowest BCUT2D eigenvalue weighted by Crippen LogP contribution is -2.63. The molecule has 0 radical (unpaired) electrons. The molecule has 3 aromatic carbocycles. The zero-order valence-electron chi connectivity index (χ0n) is 27.7. The van der Waals surface area contributed by atoms with Gasteiger partial charge >= 0.3 is 0 Å². The predicted molar refractivity (Wildman–Crippen MR) is 182 cm³/mol. The van der Waals surface area contributed by atoms with Gasteiger partial charge in [0.05, 0.1) is 31.4 Å². The van der Waals surface area contributed by atoms with Crippen molar-refractivity contribution in [3.8, 4) is 40.9 Å². The van der Waals surface area contributed by atoms with E-state index in [4.69, 9.17) is 15.2 Å². The Kier molecular flexibility index (Phi) is 8.66. The van der Waals surface area contributed by atoms with Crippen LogP contribution in [-0.2, 0) is 16.0 Å². The maximum atomic E-state index is 14.4. The highest BCUT2D eigenvalue weighted by molar-refractivity contribution is 6.24. The molecule has 254 valence electrons. The van der Waals surface area contributed by atoms with Gasteiger partial charge in [-0.25, -0.2) is 0 Å². The van der Waals surface area contributed by atoms with E-state index >= 15 is 0 Å². The molecule has 0 spiro atoms. The van der Waals surface area contributed by atoms with Gasteiger partial charge in [0.2, 0.25) is 5.78 Å². The third-order valence-electron chi connectivity index (χ3n) is 9.59. The van der Waals surface area contributed by atoms with Gasteiger partial charge < -0.3 is 35.6 Å². The van der Waals surface area contributed by atoms with Crippen LogP contribution in [0.5, 0.6) is 17.2 Å². The van der Waals surface area contributed by atoms with Gasteiger partial charge in [-0.3, -0.25) is 19.3 Å². The van der Waals surface area contributed by atoms with Crippen LogP contribution in [0.4, 0.5) is 0 Å². The van der Waals surface area contributed by atoms with Crippen LogP contribution in [0, 0.1) is 35.5 Å². The molecule has 11 heteroatoms. The van der Waals surface area contributed by atoms with E-state index in [1.807, 2.05) is 0 Å². The van der Waals surface area contributed by atoms with Crippen LogP contribution < -0.4 is 15.2 Å². The summed E-state index contributed by atoms with van der Waals surface area (Å²) in [6.45, 7) is 0. The SMILES string of the molecule is COc1ccc(C#Cc2cc(C#Cc3ccc(OC)cc3)c3c(c2O)C(=O)C2=C(O)[C@@]4(O)C(=O)C(C(N)=O)=C(O)[C@H](N(C)C)[C@H]4C[C@@H]2C3)cc1. The Bertz CT molecular complexity index is 2140. The standard InChI is InChI=1S/C39H34N2O9/c1-41(2)32-28-19-24-18-27-22(11-5-20-7-13-25(49-3)14-8-20)17-23(12-6-21-9-15-26(50-4)16-10-21)33(42)30(27)34(43)29(24)36(45)39(28,48)37(46)31(35(32)44)38(40)47/h7-10,13-17,24,28,32,42,44-45,48H,18-19H2,1-4H3,(H2,40,47)/t24-,28+,32+,39+/m0/s1. The van der Waals surface area contributed by atoms with Gasteiger partial charge in [-0.05, 0) is 93.0 Å². The second kappa shape index (κ2) is 12.8. The van der Waals surface area contributed by atoms with E-state index in [0.29, 0.717) is 33.8 Å². The number of aliphatic hydroxyl groups is 3. The van der Waals surface area contributed by atoms with Gasteiger partial charge in [0.15, 0.2) is 11.4 Å². The fraction of sp³-hybridized carbons (Fsp3) is 0.256. The first-order valence-corrected chi connectivity index (χ1v) is 15.7. The molecule has 6 rings (SSSR count). The third kappa shape index (κ3) is 5.43. The largest absolute Gasteiger partial charge is 0.510 e. The van der Waals surface area contributed by atoms with E-state index in [9.17, 15) is 34.8 Å². The van der Waals surface area contributed by atoms with E-state index in [2.05, 4.69) is 23.7 Å². The molecule has 0 aliphatic heterocycles. The minimum Gasteiger partial charge on any atom is -0.510 e. The summed E-state index contributed by atoms with van der Waals surface area (Å²) in [4.78, 5) is 41.9. The van der Waals surface area contributed by atoms with Gasteiger partial charge in [-0.1, -0.05) is 23.7 Å². The molecule has 3 aliphatic carbocycles. The molecule has 6 N–H and O–H groups in total. The lowest BCUT2D eigenvalue weighted by molar-refractivity contribution is -0.148. The molecular weight excluding hydrogens is 640 g/mol. The summed E-state index contributed by atoms with van der Waals surface area (Å²) in [5, 5.41) is 46.2. The lowest BCUT2D eigenvalue weighted by Gasteiger charge is -2.50. The molecule has 0 heterocycles. The van der Waals surface area contributed by atoms with Crippen molar-refractivity contribution in [1.29, 1.82) is 0 Å². The Labute approximate surface area is 288 Å². The zero-order valence-corrected chi connectivity index (χ0v) is 27.7. The Morgan fingerprint density at radius 1 is 0.880 bits per heavy atom. The summed E-state index contributed by atoms with van der Waals surface area (Å²) in [5.41, 5.74) is 3.53. The van der Waals surface area contributed by atoms with E-state index in [1.165, 1.54) is 4.90 Å². The topological polar surface area (TPSA) is 180 Å². The number of allylic oxidation sites excluding steroid dienone is 1. The van der Waals surface area contributed by atoms with Crippen molar-refractivity contribution in [2.45, 2.75) is 24.5 Å². The predicted octanol–water partition coefficient (Wildman–Crippen LogP) is 2.94. The average Bonchev–Trinajstić information content (AvgIpc) is 3.09. The first kappa shape index (κ1) is 33.9. The van der Waals surface area contributed by atoms with Crippen molar-refractivity contribution in [1.82, 2.24) is 4.90 Å². The Balaban J connectivity index is 1.54. The molecule has 1 amide bonds. The third-order valence-corrected chi connectivity index (χ3v) is 9.59. The molecule has 0 fully saturated rings. The highest BCUT2D eigenvalue weighted by Gasteiger charge is 2.63. The number of aromatic hydroxyl groups is 1. The monoisotopic (exact) mass is 674 g/mol. The number of aliphatic hydroxyl groups excluding tert-OH is 2. The maximum Gasteiger partial charge on any atom is 0.255 e. The summed E-state index contributed by atoms with van der Waals surface area (Å²) in [7, 11) is 6.25. The van der Waals surface area contributed by atoms with Gasteiger partial charge in [0.25, 0.3) is 5.91 Å². The molecule has 0 saturated carbocycles. The van der Waals surface area contributed by atoms with Gasteiger partial charge in [-0.15, -0.1) is 0 Å². The van der Waals surface area contributed by atoms with Gasteiger partial charge in [-0.2, -0.15) is 0 Å². The summed E-state index contributed by atoms with van der Waals surface area (Å²) in [6.07, 6.45) is 0.0395. The van der Waals surface area contributed by atoms with Crippen LogP contribution in [0.3, 0.4) is 0 Å². The van der Waals surface area contributed by atoms with E-state index in [1.54, 1.807) is 82.9 Å². The molecule has 50 heavy (non-hydrogen) atoms. The molecular formula is C39H34N2O9. The molecule has 3 aromatic rings. The van der Waals surface area contributed by atoms with Gasteiger partial charge in [0.1, 0.15) is 34.3 Å². The quantitative estimate of drug-likeness (QED) is 0.204. The number of likely N-dealkylation sites (N-methyl/N-ethyl adjacent to an activating group) is 1. The van der Waals surface area contributed by atoms with Crippen molar-refractivity contribution in [3.63, 3.8) is 0 Å². The Morgan fingerprint density at radius 2 is 1.42 bits per heavy atom. The number of carbonyl (C=O) groups excluding carboxylic acids is 3. The number of hydrogen-bond donors (Lipinski definition) is 5. The van der Waals surface area contributed by atoms with E-state index < -0.39 is 63.8 Å². The van der Waals surface area contributed by atoms with Crippen LogP contribution in [0.1, 0.15) is 44.6 Å². The molecule has 0 bridgehead atoms. The summed E-state index contributed by atoms with van der Waals surface area (Å²) >= 11 is 0. The molecule has 4 atom stereocenters. The second-order valence-electron chi connectivity index (χ2n) is 12.6. The fourth-order valence-corrected chi connectivity index (χ4v) is 7.15. The number of hydrogen-bond acceptors (Lipinski definition) is 10. The lowest BCUT2D eigenvalue weighted by atomic mass is 9.58. The number of methoxy groups -OCH3 is 2. The number of carbonyl (C=O) groups is 3. The molecule has 11 nitrogen and oxygen atoms in total. The minimum absolute atomic E-state index is 0.0447. The zero-order chi connectivity index (χ0) is 36.1. The molecule has 0 saturated heterocycles. The van der Waals surface area contributed by atoms with Crippen molar-refractivity contribution >= 4 is 17.5 Å². The molecule has 3 aliphatic rings. The summed E-state index contributed by atoms with van der Waals surface area (Å²) < 4.78 is 10.4. The normalized spacial score (nSPS) is 22.4. The van der Waals surface area contributed by atoms with Crippen molar-refractivity contribution in [2.75, 3.05) is 28.3 Å². The number of benzene rings is 3. The number of ether oxygens (including phenoxy) is 2. The summed E-state index contributed by atoms with van der Waals surface area (Å²) in [6, 6.07) is 14.5. The van der Waals surface area contributed by atoms with Gasteiger partial charge in [0, 0.05) is 28.2 Å². The minimum atomic E-state index is -2.75.